The molecule has 0 fully saturated rings. The highest BCUT2D eigenvalue weighted by atomic mass is 28.4. The molecule has 1 aromatic rings. The molecule has 1 rings (SSSR count). The highest BCUT2D eigenvalue weighted by Gasteiger charge is 2.37. The van der Waals surface area contributed by atoms with Crippen LogP contribution in [0, 0.1) is 13.8 Å². The van der Waals surface area contributed by atoms with E-state index in [1.165, 1.54) is 16.7 Å². The molecular formula is C14H24O4Si. The summed E-state index contributed by atoms with van der Waals surface area (Å²) in [6.45, 7) is 4.22. The largest absolute Gasteiger partial charge is 0.500 e. The fraction of sp³-hybridized carbons (Fsp3) is 0.571. The van der Waals surface area contributed by atoms with Gasteiger partial charge in [-0.25, -0.2) is 0 Å². The van der Waals surface area contributed by atoms with Gasteiger partial charge < -0.3 is 18.0 Å². The molecule has 0 radical (unpaired) electrons. The van der Waals surface area contributed by atoms with Gasteiger partial charge in [0.25, 0.3) is 0 Å². The topological polar surface area (TPSA) is 36.9 Å². The molecular weight excluding hydrogens is 260 g/mol. The summed E-state index contributed by atoms with van der Waals surface area (Å²) >= 11 is 0. The standard InChI is InChI=1S/C14H24O4Si/c1-11-9-14(15-3)10-13(12(11)2)7-8-19(16-4,17-5)18-6/h9-10H,7-8H2,1-6H3. The molecule has 0 saturated carbocycles. The summed E-state index contributed by atoms with van der Waals surface area (Å²) < 4.78 is 21.7. The second-order valence-electron chi connectivity index (χ2n) is 4.52. The summed E-state index contributed by atoms with van der Waals surface area (Å²) in [4.78, 5) is 0. The van der Waals surface area contributed by atoms with Crippen molar-refractivity contribution in [3.05, 3.63) is 28.8 Å². The van der Waals surface area contributed by atoms with E-state index in [0.717, 1.165) is 18.2 Å². The van der Waals surface area contributed by atoms with Crippen LogP contribution < -0.4 is 4.74 Å². The van der Waals surface area contributed by atoms with Crippen LogP contribution in [0.5, 0.6) is 5.75 Å². The van der Waals surface area contributed by atoms with Crippen molar-refractivity contribution in [2.45, 2.75) is 26.3 Å². The van der Waals surface area contributed by atoms with Crippen LogP contribution in [0.25, 0.3) is 0 Å². The monoisotopic (exact) mass is 284 g/mol. The lowest BCUT2D eigenvalue weighted by Gasteiger charge is -2.24. The van der Waals surface area contributed by atoms with Gasteiger partial charge in [-0.1, -0.05) is 0 Å². The quantitative estimate of drug-likeness (QED) is 0.721. The highest BCUT2D eigenvalue weighted by molar-refractivity contribution is 6.60. The molecule has 5 heteroatoms. The van der Waals surface area contributed by atoms with Crippen LogP contribution in [0.4, 0.5) is 0 Å². The molecule has 0 bridgehead atoms. The van der Waals surface area contributed by atoms with E-state index in [9.17, 15) is 0 Å². The first-order valence-corrected chi connectivity index (χ1v) is 8.24. The Balaban J connectivity index is 2.90. The van der Waals surface area contributed by atoms with Crippen molar-refractivity contribution in [1.29, 1.82) is 0 Å². The Labute approximate surface area is 117 Å². The Morgan fingerprint density at radius 3 is 2.00 bits per heavy atom. The third-order valence-electron chi connectivity index (χ3n) is 3.62. The second-order valence-corrected chi connectivity index (χ2v) is 7.61. The molecule has 0 N–H and O–H groups in total. The van der Waals surface area contributed by atoms with Crippen molar-refractivity contribution in [2.24, 2.45) is 0 Å². The lowest BCUT2D eigenvalue weighted by atomic mass is 10.0. The summed E-state index contributed by atoms with van der Waals surface area (Å²) in [6.07, 6.45) is 0.853. The van der Waals surface area contributed by atoms with Crippen LogP contribution in [0.3, 0.4) is 0 Å². The lowest BCUT2D eigenvalue weighted by Crippen LogP contribution is -2.43. The van der Waals surface area contributed by atoms with Crippen molar-refractivity contribution in [3.63, 3.8) is 0 Å². The first-order chi connectivity index (χ1) is 9.01. The average molecular weight is 284 g/mol. The summed E-state index contributed by atoms with van der Waals surface area (Å²) in [7, 11) is 4.10. The maximum absolute atomic E-state index is 5.45. The third kappa shape index (κ3) is 3.79. The van der Waals surface area contributed by atoms with Crippen LogP contribution >= 0.6 is 0 Å². The number of hydrogen-bond donors (Lipinski definition) is 0. The maximum atomic E-state index is 5.45. The fourth-order valence-corrected chi connectivity index (χ4v) is 3.81. The normalized spacial score (nSPS) is 11.7. The summed E-state index contributed by atoms with van der Waals surface area (Å²) in [5.41, 5.74) is 3.76. The minimum absolute atomic E-state index is 0.754. The molecule has 0 aliphatic carbocycles. The number of hydrogen-bond acceptors (Lipinski definition) is 4. The van der Waals surface area contributed by atoms with Gasteiger partial charge in [0, 0.05) is 27.4 Å². The lowest BCUT2D eigenvalue weighted by molar-refractivity contribution is 0.123. The third-order valence-corrected chi connectivity index (χ3v) is 6.35. The van der Waals surface area contributed by atoms with E-state index < -0.39 is 8.80 Å². The van der Waals surface area contributed by atoms with Gasteiger partial charge in [0.2, 0.25) is 0 Å². The minimum Gasteiger partial charge on any atom is -0.497 e. The Bertz CT molecular complexity index is 408. The molecule has 0 atom stereocenters. The second kappa shape index (κ2) is 7.05. The van der Waals surface area contributed by atoms with Crippen LogP contribution in [0.1, 0.15) is 16.7 Å². The van der Waals surface area contributed by atoms with Gasteiger partial charge in [0.1, 0.15) is 5.75 Å². The summed E-state index contributed by atoms with van der Waals surface area (Å²) in [5.74, 6) is 0.887. The van der Waals surface area contributed by atoms with Gasteiger partial charge in [0.05, 0.1) is 7.11 Å². The van der Waals surface area contributed by atoms with E-state index in [1.54, 1.807) is 28.4 Å². The Morgan fingerprint density at radius 1 is 0.947 bits per heavy atom. The van der Waals surface area contributed by atoms with Crippen molar-refractivity contribution < 1.29 is 18.0 Å². The van der Waals surface area contributed by atoms with Gasteiger partial charge in [-0.15, -0.1) is 0 Å². The average Bonchev–Trinajstić information content (AvgIpc) is 2.45. The molecule has 0 aromatic heterocycles. The van der Waals surface area contributed by atoms with E-state index >= 15 is 0 Å². The zero-order valence-corrected chi connectivity index (χ0v) is 13.7. The molecule has 0 saturated heterocycles. The van der Waals surface area contributed by atoms with Crippen molar-refractivity contribution >= 4 is 8.80 Å². The van der Waals surface area contributed by atoms with Crippen LogP contribution in [0.15, 0.2) is 12.1 Å². The first kappa shape index (κ1) is 16.2. The van der Waals surface area contributed by atoms with Gasteiger partial charge in [0.15, 0.2) is 0 Å². The van der Waals surface area contributed by atoms with E-state index in [0.29, 0.717) is 0 Å². The molecule has 0 amide bonds. The molecule has 0 aliphatic rings. The van der Waals surface area contributed by atoms with E-state index in [1.807, 2.05) is 6.07 Å². The van der Waals surface area contributed by atoms with Crippen LogP contribution in [0.2, 0.25) is 6.04 Å². The molecule has 19 heavy (non-hydrogen) atoms. The number of benzene rings is 1. The van der Waals surface area contributed by atoms with Crippen molar-refractivity contribution in [2.75, 3.05) is 28.4 Å². The molecule has 4 nitrogen and oxygen atoms in total. The summed E-state index contributed by atoms with van der Waals surface area (Å²) in [6, 6.07) is 4.87. The van der Waals surface area contributed by atoms with Crippen LogP contribution in [-0.2, 0) is 19.7 Å². The number of ether oxygens (including phenoxy) is 1. The minimum atomic E-state index is -2.51. The first-order valence-electron chi connectivity index (χ1n) is 6.31. The molecule has 0 heterocycles. The van der Waals surface area contributed by atoms with Crippen molar-refractivity contribution in [1.82, 2.24) is 0 Å². The van der Waals surface area contributed by atoms with Gasteiger partial charge in [-0.3, -0.25) is 0 Å². The van der Waals surface area contributed by atoms with E-state index in [-0.39, 0.29) is 0 Å². The van der Waals surface area contributed by atoms with E-state index in [4.69, 9.17) is 18.0 Å². The summed E-state index contributed by atoms with van der Waals surface area (Å²) in [5, 5.41) is 0. The number of rotatable bonds is 7. The maximum Gasteiger partial charge on any atom is 0.500 e. The molecule has 0 aliphatic heterocycles. The predicted molar refractivity (Wildman–Crippen MR) is 77.8 cm³/mol. The zero-order chi connectivity index (χ0) is 14.5. The number of methoxy groups -OCH3 is 1. The smallest absolute Gasteiger partial charge is 0.497 e. The molecule has 108 valence electrons. The molecule has 0 spiro atoms. The van der Waals surface area contributed by atoms with Gasteiger partial charge >= 0.3 is 8.80 Å². The fourth-order valence-electron chi connectivity index (χ4n) is 2.12. The molecule has 0 unspecified atom stereocenters. The Morgan fingerprint density at radius 2 is 1.53 bits per heavy atom. The SMILES string of the molecule is COc1cc(C)c(C)c(CC[Si](OC)(OC)OC)c1. The Hall–Kier alpha value is -0.883. The Kier molecular flexibility index (Phi) is 6.00. The van der Waals surface area contributed by atoms with Crippen LogP contribution in [-0.4, -0.2) is 37.2 Å². The van der Waals surface area contributed by atoms with Gasteiger partial charge in [-0.2, -0.15) is 0 Å². The number of aryl methyl sites for hydroxylation is 2. The molecule has 1 aromatic carbocycles. The highest BCUT2D eigenvalue weighted by Crippen LogP contribution is 2.25. The van der Waals surface area contributed by atoms with Crippen molar-refractivity contribution in [3.8, 4) is 5.75 Å². The van der Waals surface area contributed by atoms with E-state index in [2.05, 4.69) is 19.9 Å². The predicted octanol–water partition coefficient (Wildman–Crippen LogP) is 2.73. The zero-order valence-electron chi connectivity index (χ0n) is 12.7. The van der Waals surface area contributed by atoms with Gasteiger partial charge in [-0.05, 0) is 49.1 Å².